The van der Waals surface area contributed by atoms with Crippen LogP contribution in [-0.2, 0) is 16.1 Å². The number of rotatable bonds is 10. The molecule has 0 aromatic carbocycles. The van der Waals surface area contributed by atoms with Gasteiger partial charge < -0.3 is 15.4 Å². The zero-order chi connectivity index (χ0) is 17.8. The van der Waals surface area contributed by atoms with Gasteiger partial charge in [0.1, 0.15) is 0 Å². The molecule has 0 aliphatic rings. The Bertz CT molecular complexity index is 535. The molecule has 6 nitrogen and oxygen atoms in total. The van der Waals surface area contributed by atoms with Gasteiger partial charge in [-0.15, -0.1) is 35.3 Å². The molecule has 8 heteroatoms. The minimum absolute atomic E-state index is 0. The standard InChI is InChI=1S/C17H30N4O2S.HI/c1-5-23-16(22)10-8-6-7-9-11-19-17(18-4)20-12-15-13(2)21-14(3)24-15;/h5-12H2,1-4H3,(H2,18,19,20);1H. The number of carbonyl (C=O) groups excluding carboxylic acids is 1. The topological polar surface area (TPSA) is 75.6 Å². The monoisotopic (exact) mass is 482 g/mol. The Morgan fingerprint density at radius 1 is 1.20 bits per heavy atom. The van der Waals surface area contributed by atoms with Crippen LogP contribution in [0.1, 0.15) is 54.6 Å². The van der Waals surface area contributed by atoms with Gasteiger partial charge in [-0.3, -0.25) is 9.79 Å². The molecule has 1 heterocycles. The maximum atomic E-state index is 11.2. The number of aliphatic imine (C=N–C) groups is 1. The summed E-state index contributed by atoms with van der Waals surface area (Å²) in [5, 5.41) is 7.73. The predicted molar refractivity (Wildman–Crippen MR) is 115 cm³/mol. The van der Waals surface area contributed by atoms with E-state index in [0.29, 0.717) is 13.0 Å². The van der Waals surface area contributed by atoms with Gasteiger partial charge in [0.15, 0.2) is 5.96 Å². The summed E-state index contributed by atoms with van der Waals surface area (Å²) in [6.07, 6.45) is 4.62. The molecule has 0 aliphatic carbocycles. The fraction of sp³-hybridized carbons (Fsp3) is 0.706. The zero-order valence-electron chi connectivity index (χ0n) is 15.7. The highest BCUT2D eigenvalue weighted by Gasteiger charge is 2.05. The summed E-state index contributed by atoms with van der Waals surface area (Å²) < 4.78 is 4.91. The molecule has 0 spiro atoms. The number of hydrogen-bond acceptors (Lipinski definition) is 5. The van der Waals surface area contributed by atoms with E-state index in [-0.39, 0.29) is 29.9 Å². The molecule has 1 aromatic heterocycles. The molecule has 0 bridgehead atoms. The van der Waals surface area contributed by atoms with Crippen LogP contribution in [0.25, 0.3) is 0 Å². The maximum absolute atomic E-state index is 11.2. The van der Waals surface area contributed by atoms with E-state index in [4.69, 9.17) is 4.74 Å². The number of carbonyl (C=O) groups is 1. The van der Waals surface area contributed by atoms with E-state index >= 15 is 0 Å². The van der Waals surface area contributed by atoms with Crippen LogP contribution >= 0.6 is 35.3 Å². The molecule has 0 saturated carbocycles. The summed E-state index contributed by atoms with van der Waals surface area (Å²) in [4.78, 5) is 21.1. The van der Waals surface area contributed by atoms with Crippen LogP contribution in [0.2, 0.25) is 0 Å². The molecule has 0 amide bonds. The number of guanidine groups is 1. The number of hydrogen-bond donors (Lipinski definition) is 2. The van der Waals surface area contributed by atoms with Crippen molar-refractivity contribution < 1.29 is 9.53 Å². The lowest BCUT2D eigenvalue weighted by Crippen LogP contribution is -2.37. The van der Waals surface area contributed by atoms with Crippen LogP contribution in [0.5, 0.6) is 0 Å². The molecule has 0 saturated heterocycles. The fourth-order valence-corrected chi connectivity index (χ4v) is 3.19. The average molecular weight is 482 g/mol. The number of nitrogens with one attached hydrogen (secondary N) is 2. The first-order chi connectivity index (χ1) is 11.6. The number of aromatic nitrogens is 1. The van der Waals surface area contributed by atoms with Crippen molar-refractivity contribution in [3.63, 3.8) is 0 Å². The Kier molecular flexibility index (Phi) is 13.8. The van der Waals surface area contributed by atoms with Crippen molar-refractivity contribution in [2.45, 2.75) is 59.4 Å². The van der Waals surface area contributed by atoms with Gasteiger partial charge in [-0.05, 0) is 33.6 Å². The van der Waals surface area contributed by atoms with E-state index in [1.807, 2.05) is 20.8 Å². The Hall–Kier alpha value is -0.900. The van der Waals surface area contributed by atoms with Gasteiger partial charge in [0, 0.05) is 24.9 Å². The van der Waals surface area contributed by atoms with Crippen LogP contribution in [0.4, 0.5) is 0 Å². The Morgan fingerprint density at radius 2 is 1.92 bits per heavy atom. The van der Waals surface area contributed by atoms with E-state index in [0.717, 1.165) is 55.4 Å². The summed E-state index contributed by atoms with van der Waals surface area (Å²) in [6.45, 7) is 7.98. The Labute approximate surface area is 172 Å². The van der Waals surface area contributed by atoms with Crippen LogP contribution in [-0.4, -0.2) is 37.1 Å². The normalized spacial score (nSPS) is 11.0. The van der Waals surface area contributed by atoms with Gasteiger partial charge in [-0.25, -0.2) is 4.98 Å². The number of unbranched alkanes of at least 4 members (excludes halogenated alkanes) is 3. The molecule has 1 rings (SSSR count). The van der Waals surface area contributed by atoms with Crippen LogP contribution < -0.4 is 10.6 Å². The highest BCUT2D eigenvalue weighted by atomic mass is 127. The summed E-state index contributed by atoms with van der Waals surface area (Å²) in [6, 6.07) is 0. The van der Waals surface area contributed by atoms with Gasteiger partial charge in [0.2, 0.25) is 0 Å². The van der Waals surface area contributed by atoms with Crippen molar-refractivity contribution in [1.82, 2.24) is 15.6 Å². The summed E-state index contributed by atoms with van der Waals surface area (Å²) in [5.41, 5.74) is 1.09. The molecule has 25 heavy (non-hydrogen) atoms. The van der Waals surface area contributed by atoms with E-state index in [2.05, 4.69) is 20.6 Å². The third kappa shape index (κ3) is 10.6. The number of thiazole rings is 1. The second kappa shape index (κ2) is 14.3. The van der Waals surface area contributed by atoms with Gasteiger partial charge >= 0.3 is 5.97 Å². The molecule has 0 fully saturated rings. The van der Waals surface area contributed by atoms with Gasteiger partial charge in [-0.2, -0.15) is 0 Å². The molecule has 2 N–H and O–H groups in total. The molecule has 0 unspecified atom stereocenters. The van der Waals surface area contributed by atoms with Crippen molar-refractivity contribution in [2.24, 2.45) is 4.99 Å². The van der Waals surface area contributed by atoms with E-state index in [9.17, 15) is 4.79 Å². The van der Waals surface area contributed by atoms with E-state index < -0.39 is 0 Å². The second-order valence-electron chi connectivity index (χ2n) is 5.56. The molecule has 0 atom stereocenters. The van der Waals surface area contributed by atoms with Crippen molar-refractivity contribution in [3.05, 3.63) is 15.6 Å². The smallest absolute Gasteiger partial charge is 0.305 e. The lowest BCUT2D eigenvalue weighted by Gasteiger charge is -2.11. The first-order valence-electron chi connectivity index (χ1n) is 8.59. The first kappa shape index (κ1) is 24.1. The third-order valence-corrected chi connectivity index (χ3v) is 4.62. The molecule has 0 aliphatic heterocycles. The molecular weight excluding hydrogens is 451 g/mol. The highest BCUT2D eigenvalue weighted by Crippen LogP contribution is 2.16. The first-order valence-corrected chi connectivity index (χ1v) is 9.41. The number of aryl methyl sites for hydroxylation is 2. The molecular formula is C17H31IN4O2S. The van der Waals surface area contributed by atoms with Crippen molar-refractivity contribution in [3.8, 4) is 0 Å². The molecule has 1 aromatic rings. The van der Waals surface area contributed by atoms with Crippen molar-refractivity contribution in [1.29, 1.82) is 0 Å². The summed E-state index contributed by atoms with van der Waals surface area (Å²) >= 11 is 1.72. The van der Waals surface area contributed by atoms with Crippen molar-refractivity contribution in [2.75, 3.05) is 20.2 Å². The lowest BCUT2D eigenvalue weighted by atomic mass is 10.1. The average Bonchev–Trinajstić information content (AvgIpc) is 2.87. The minimum atomic E-state index is -0.0891. The van der Waals surface area contributed by atoms with Gasteiger partial charge in [-0.1, -0.05) is 12.8 Å². The lowest BCUT2D eigenvalue weighted by molar-refractivity contribution is -0.143. The van der Waals surface area contributed by atoms with Gasteiger partial charge in [0.05, 0.1) is 23.9 Å². The van der Waals surface area contributed by atoms with Crippen LogP contribution in [0.15, 0.2) is 4.99 Å². The van der Waals surface area contributed by atoms with Gasteiger partial charge in [0.25, 0.3) is 0 Å². The number of ether oxygens (including phenoxy) is 1. The van der Waals surface area contributed by atoms with Crippen molar-refractivity contribution >= 4 is 47.2 Å². The third-order valence-electron chi connectivity index (χ3n) is 3.55. The number of nitrogens with zero attached hydrogens (tertiary/aromatic N) is 2. The highest BCUT2D eigenvalue weighted by molar-refractivity contribution is 14.0. The Morgan fingerprint density at radius 3 is 2.52 bits per heavy atom. The Balaban J connectivity index is 0.00000576. The summed E-state index contributed by atoms with van der Waals surface area (Å²) in [7, 11) is 1.78. The minimum Gasteiger partial charge on any atom is -0.466 e. The second-order valence-corrected chi connectivity index (χ2v) is 6.85. The summed E-state index contributed by atoms with van der Waals surface area (Å²) in [5.74, 6) is 0.723. The van der Waals surface area contributed by atoms with E-state index in [1.165, 1.54) is 4.88 Å². The largest absolute Gasteiger partial charge is 0.466 e. The molecule has 0 radical (unpaired) electrons. The maximum Gasteiger partial charge on any atom is 0.305 e. The van der Waals surface area contributed by atoms with Crippen LogP contribution in [0, 0.1) is 13.8 Å². The quantitative estimate of drug-likeness (QED) is 0.175. The fourth-order valence-electron chi connectivity index (χ4n) is 2.31. The van der Waals surface area contributed by atoms with E-state index in [1.54, 1.807) is 18.4 Å². The zero-order valence-corrected chi connectivity index (χ0v) is 18.8. The number of esters is 1. The van der Waals surface area contributed by atoms with Crippen LogP contribution in [0.3, 0.4) is 0 Å². The SMILES string of the molecule is CCOC(=O)CCCCCCNC(=NC)NCc1sc(C)nc1C.I. The number of halogens is 1. The predicted octanol–water partition coefficient (Wildman–Crippen LogP) is 3.56. The molecule has 144 valence electrons.